The number of benzene rings is 1. The summed E-state index contributed by atoms with van der Waals surface area (Å²) >= 11 is 6.71. The van der Waals surface area contributed by atoms with Crippen molar-refractivity contribution < 1.29 is 0 Å². The van der Waals surface area contributed by atoms with Gasteiger partial charge in [0.1, 0.15) is 10.1 Å². The van der Waals surface area contributed by atoms with Crippen LogP contribution in [0.15, 0.2) is 35.6 Å². The Kier molecular flexibility index (Phi) is 4.92. The number of hydrogen-bond donors (Lipinski definition) is 2. The number of aromatic nitrogens is 2. The number of H-pyrrole nitrogens is 1. The Bertz CT molecular complexity index is 709. The van der Waals surface area contributed by atoms with Crippen molar-refractivity contribution in [2.24, 2.45) is 0 Å². The Balaban J connectivity index is 2.14. The average Bonchev–Trinajstić information content (AvgIpc) is 2.43. The molecule has 1 heterocycles. The van der Waals surface area contributed by atoms with Gasteiger partial charge < -0.3 is 10.3 Å². The van der Waals surface area contributed by atoms with E-state index in [4.69, 9.17) is 12.2 Å². The molecule has 0 spiro atoms. The highest BCUT2D eigenvalue weighted by atomic mass is 32.2. The Labute approximate surface area is 126 Å². The topological polar surface area (TPSA) is 57.8 Å². The van der Waals surface area contributed by atoms with Gasteiger partial charge in [-0.2, -0.15) is 0 Å². The maximum absolute atomic E-state index is 11.9. The van der Waals surface area contributed by atoms with Crippen molar-refractivity contribution in [3.05, 3.63) is 52.6 Å². The van der Waals surface area contributed by atoms with Gasteiger partial charge in [0.2, 0.25) is 0 Å². The molecule has 0 amide bonds. The summed E-state index contributed by atoms with van der Waals surface area (Å²) in [4.78, 5) is 18.9. The van der Waals surface area contributed by atoms with E-state index >= 15 is 0 Å². The summed E-state index contributed by atoms with van der Waals surface area (Å²) < 4.78 is 0.723. The maximum atomic E-state index is 11.9. The van der Waals surface area contributed by atoms with Crippen molar-refractivity contribution >= 4 is 39.2 Å². The predicted octanol–water partition coefficient (Wildman–Crippen LogP) is 2.53. The second-order valence-electron chi connectivity index (χ2n) is 4.24. The third kappa shape index (κ3) is 3.68. The van der Waals surface area contributed by atoms with Crippen LogP contribution in [0.4, 0.5) is 0 Å². The zero-order valence-electron chi connectivity index (χ0n) is 11.1. The first-order valence-corrected chi connectivity index (χ1v) is 7.50. The van der Waals surface area contributed by atoms with Crippen LogP contribution in [0.5, 0.6) is 0 Å². The molecule has 0 aliphatic carbocycles. The fraction of sp³-hybridized carbons (Fsp3) is 0.214. The van der Waals surface area contributed by atoms with Crippen LogP contribution in [0.25, 0.3) is 10.9 Å². The average molecular weight is 305 g/mol. The van der Waals surface area contributed by atoms with Crippen molar-refractivity contribution in [1.82, 2.24) is 15.3 Å². The minimum absolute atomic E-state index is 0.113. The van der Waals surface area contributed by atoms with Crippen LogP contribution in [0.1, 0.15) is 11.4 Å². The van der Waals surface area contributed by atoms with E-state index in [1.54, 1.807) is 6.92 Å². The van der Waals surface area contributed by atoms with Gasteiger partial charge in [-0.3, -0.25) is 4.79 Å². The van der Waals surface area contributed by atoms with E-state index in [1.807, 2.05) is 24.3 Å². The van der Waals surface area contributed by atoms with E-state index in [9.17, 15) is 4.79 Å². The molecule has 0 saturated carbocycles. The first-order valence-electron chi connectivity index (χ1n) is 6.11. The lowest BCUT2D eigenvalue weighted by atomic mass is 10.1. The van der Waals surface area contributed by atoms with Crippen molar-refractivity contribution in [1.29, 1.82) is 0 Å². The number of thiocarbonyl (C=S) groups is 1. The van der Waals surface area contributed by atoms with Gasteiger partial charge in [0.25, 0.3) is 5.56 Å². The minimum atomic E-state index is -0.113. The van der Waals surface area contributed by atoms with Crippen LogP contribution >= 0.6 is 24.0 Å². The molecule has 0 radical (unpaired) electrons. The lowest BCUT2D eigenvalue weighted by molar-refractivity contribution is 0.940. The van der Waals surface area contributed by atoms with Crippen LogP contribution < -0.4 is 10.9 Å². The van der Waals surface area contributed by atoms with E-state index in [0.29, 0.717) is 23.3 Å². The van der Waals surface area contributed by atoms with Crippen molar-refractivity contribution in [2.45, 2.75) is 13.5 Å². The number of rotatable bonds is 4. The second-order valence-corrected chi connectivity index (χ2v) is 5.94. The molecule has 2 aromatic rings. The van der Waals surface area contributed by atoms with Crippen LogP contribution in [0.2, 0.25) is 0 Å². The van der Waals surface area contributed by atoms with E-state index in [0.717, 1.165) is 15.6 Å². The highest BCUT2D eigenvalue weighted by molar-refractivity contribution is 8.23. The monoisotopic (exact) mass is 305 g/mol. The lowest BCUT2D eigenvalue weighted by Crippen LogP contribution is -2.18. The van der Waals surface area contributed by atoms with Crippen molar-refractivity contribution in [3.63, 3.8) is 0 Å². The standard InChI is InChI=1S/C14H15N3OS2/c1-3-6-20-14(19)15-8-10-4-5-12-11(7-10)13(18)17-9(2)16-12/h3-5,7H,1,6,8H2,2H3,(H,15,19)(H,16,17,18). The number of aromatic amines is 1. The van der Waals surface area contributed by atoms with Crippen LogP contribution in [-0.4, -0.2) is 20.0 Å². The molecule has 104 valence electrons. The molecular weight excluding hydrogens is 290 g/mol. The number of thioether (sulfide) groups is 1. The third-order valence-electron chi connectivity index (χ3n) is 2.66. The van der Waals surface area contributed by atoms with Crippen molar-refractivity contribution in [2.75, 3.05) is 5.75 Å². The highest BCUT2D eigenvalue weighted by Crippen LogP contribution is 2.11. The molecule has 0 aliphatic rings. The Morgan fingerprint density at radius 3 is 3.15 bits per heavy atom. The zero-order valence-corrected chi connectivity index (χ0v) is 12.7. The van der Waals surface area contributed by atoms with Gasteiger partial charge in [-0.15, -0.1) is 6.58 Å². The summed E-state index contributed by atoms with van der Waals surface area (Å²) in [5, 5.41) is 3.74. The molecule has 2 rings (SSSR count). The fourth-order valence-corrected chi connectivity index (χ4v) is 2.49. The SMILES string of the molecule is C=CCSC(=S)NCc1ccc2nc(C)[nH]c(=O)c2c1. The van der Waals surface area contributed by atoms with Crippen molar-refractivity contribution in [3.8, 4) is 0 Å². The van der Waals surface area contributed by atoms with E-state index < -0.39 is 0 Å². The number of nitrogens with one attached hydrogen (secondary N) is 2. The number of nitrogens with zero attached hydrogens (tertiary/aromatic N) is 1. The van der Waals surface area contributed by atoms with Gasteiger partial charge in [-0.25, -0.2) is 4.98 Å². The molecule has 20 heavy (non-hydrogen) atoms. The molecule has 0 unspecified atom stereocenters. The van der Waals surface area contributed by atoms with Crippen LogP contribution in [-0.2, 0) is 6.54 Å². The third-order valence-corrected chi connectivity index (χ3v) is 3.96. The lowest BCUT2D eigenvalue weighted by Gasteiger charge is -2.07. The molecule has 0 saturated heterocycles. The number of hydrogen-bond acceptors (Lipinski definition) is 4. The molecule has 1 aromatic carbocycles. The largest absolute Gasteiger partial charge is 0.367 e. The molecular formula is C14H15N3OS2. The van der Waals surface area contributed by atoms with Gasteiger partial charge in [0.15, 0.2) is 0 Å². The van der Waals surface area contributed by atoms with E-state index in [1.165, 1.54) is 11.8 Å². The molecule has 0 bridgehead atoms. The quantitative estimate of drug-likeness (QED) is 0.671. The molecule has 6 heteroatoms. The first-order chi connectivity index (χ1) is 9.60. The molecule has 4 nitrogen and oxygen atoms in total. The molecule has 1 aromatic heterocycles. The van der Waals surface area contributed by atoms with Gasteiger partial charge in [-0.05, 0) is 24.6 Å². The van der Waals surface area contributed by atoms with E-state index in [-0.39, 0.29) is 5.56 Å². The Morgan fingerprint density at radius 2 is 2.40 bits per heavy atom. The van der Waals surface area contributed by atoms with Crippen LogP contribution in [0, 0.1) is 6.92 Å². The molecule has 0 aliphatic heterocycles. The van der Waals surface area contributed by atoms with Gasteiger partial charge in [0.05, 0.1) is 10.9 Å². The minimum Gasteiger partial charge on any atom is -0.367 e. The highest BCUT2D eigenvalue weighted by Gasteiger charge is 2.03. The maximum Gasteiger partial charge on any atom is 0.258 e. The Hall–Kier alpha value is -1.66. The van der Waals surface area contributed by atoms with Gasteiger partial charge in [-0.1, -0.05) is 36.1 Å². The molecule has 2 N–H and O–H groups in total. The number of fused-ring (bicyclic) bond motifs is 1. The fourth-order valence-electron chi connectivity index (χ4n) is 1.77. The zero-order chi connectivity index (χ0) is 14.5. The Morgan fingerprint density at radius 1 is 1.60 bits per heavy atom. The van der Waals surface area contributed by atoms with Crippen LogP contribution in [0.3, 0.4) is 0 Å². The summed E-state index contributed by atoms with van der Waals surface area (Å²) in [6.07, 6.45) is 1.81. The summed E-state index contributed by atoms with van der Waals surface area (Å²) in [5.74, 6) is 1.40. The van der Waals surface area contributed by atoms with E-state index in [2.05, 4.69) is 21.9 Å². The van der Waals surface area contributed by atoms with Gasteiger partial charge in [0, 0.05) is 12.3 Å². The smallest absolute Gasteiger partial charge is 0.258 e. The molecule has 0 fully saturated rings. The predicted molar refractivity (Wildman–Crippen MR) is 89.2 cm³/mol. The summed E-state index contributed by atoms with van der Waals surface area (Å²) in [6.45, 7) is 6.01. The summed E-state index contributed by atoms with van der Waals surface area (Å²) in [6, 6.07) is 5.64. The number of aryl methyl sites for hydroxylation is 1. The second kappa shape index (κ2) is 6.67. The first kappa shape index (κ1) is 14.7. The summed E-state index contributed by atoms with van der Waals surface area (Å²) in [5.41, 5.74) is 1.59. The summed E-state index contributed by atoms with van der Waals surface area (Å²) in [7, 11) is 0. The van der Waals surface area contributed by atoms with Gasteiger partial charge >= 0.3 is 0 Å². The normalized spacial score (nSPS) is 10.4. The molecule has 0 atom stereocenters.